The molecule has 0 saturated heterocycles. The minimum atomic E-state index is -0.200. The Hall–Kier alpha value is -3.79. The van der Waals surface area contributed by atoms with E-state index in [0.29, 0.717) is 16.8 Å². The number of aryl methyl sites for hydroxylation is 4. The number of ether oxygens (including phenoxy) is 1. The molecule has 0 aliphatic carbocycles. The molecule has 9 nitrogen and oxygen atoms in total. The molecule has 0 radical (unpaired) electrons. The van der Waals surface area contributed by atoms with E-state index in [0.717, 1.165) is 33.8 Å². The fraction of sp³-hybridized carbons (Fsp3) is 0.250. The van der Waals surface area contributed by atoms with Crippen LogP contribution in [-0.4, -0.2) is 36.3 Å². The maximum atomic E-state index is 12.6. The summed E-state index contributed by atoms with van der Waals surface area (Å²) in [5.41, 5.74) is 5.06. The third-order valence-electron chi connectivity index (χ3n) is 5.01. The molecule has 0 bridgehead atoms. The molecule has 0 aliphatic heterocycles. The van der Waals surface area contributed by atoms with Gasteiger partial charge < -0.3 is 15.9 Å². The predicted octanol–water partition coefficient (Wildman–Crippen LogP) is 3.72. The average molecular weight is 478 g/mol. The lowest BCUT2D eigenvalue weighted by Gasteiger charge is -2.09. The van der Waals surface area contributed by atoms with Crippen LogP contribution in [0, 0.1) is 27.7 Å². The number of rotatable bonds is 8. The average Bonchev–Trinajstić information content (AvgIpc) is 3.32. The van der Waals surface area contributed by atoms with E-state index in [9.17, 15) is 4.79 Å². The summed E-state index contributed by atoms with van der Waals surface area (Å²) in [7, 11) is 0. The van der Waals surface area contributed by atoms with Crippen molar-refractivity contribution in [3.8, 4) is 11.4 Å². The lowest BCUT2D eigenvalue weighted by atomic mass is 10.1. The van der Waals surface area contributed by atoms with Crippen LogP contribution in [0.3, 0.4) is 0 Å². The standard InChI is InChI=1S/C24H27N7O2S/c1-15-5-7-19(8-6-15)31-21(12-18(4)29-31)26-23(32)14-34-24-28-27-22(30(24)25)13-33-20-10-16(2)9-17(3)11-20/h5-12H,13-14,25H2,1-4H3,(H,26,32). The highest BCUT2D eigenvalue weighted by atomic mass is 32.2. The fourth-order valence-corrected chi connectivity index (χ4v) is 4.12. The van der Waals surface area contributed by atoms with E-state index in [2.05, 4.69) is 26.7 Å². The predicted molar refractivity (Wildman–Crippen MR) is 133 cm³/mol. The second kappa shape index (κ2) is 10.0. The summed E-state index contributed by atoms with van der Waals surface area (Å²) in [4.78, 5) is 12.6. The second-order valence-electron chi connectivity index (χ2n) is 8.14. The van der Waals surface area contributed by atoms with Gasteiger partial charge in [-0.05, 0) is 63.1 Å². The zero-order chi connectivity index (χ0) is 24.2. The third-order valence-corrected chi connectivity index (χ3v) is 5.95. The Bertz CT molecular complexity index is 1290. The third kappa shape index (κ3) is 5.57. The van der Waals surface area contributed by atoms with Crippen molar-refractivity contribution in [2.75, 3.05) is 16.9 Å². The second-order valence-corrected chi connectivity index (χ2v) is 9.08. The number of thioether (sulfide) groups is 1. The zero-order valence-electron chi connectivity index (χ0n) is 19.6. The summed E-state index contributed by atoms with van der Waals surface area (Å²) in [6, 6.07) is 15.7. The number of amides is 1. The van der Waals surface area contributed by atoms with Gasteiger partial charge >= 0.3 is 0 Å². The van der Waals surface area contributed by atoms with Gasteiger partial charge in [-0.1, -0.05) is 35.5 Å². The van der Waals surface area contributed by atoms with Gasteiger partial charge in [0.1, 0.15) is 18.2 Å². The Balaban J connectivity index is 1.36. The number of benzene rings is 2. The highest BCUT2D eigenvalue weighted by Crippen LogP contribution is 2.21. The van der Waals surface area contributed by atoms with Crippen LogP contribution in [0.1, 0.15) is 28.2 Å². The van der Waals surface area contributed by atoms with E-state index in [4.69, 9.17) is 10.6 Å². The number of nitrogens with one attached hydrogen (secondary N) is 1. The number of nitrogens with zero attached hydrogens (tertiary/aromatic N) is 5. The minimum absolute atomic E-state index is 0.116. The minimum Gasteiger partial charge on any atom is -0.486 e. The zero-order valence-corrected chi connectivity index (χ0v) is 20.4. The Labute approximate surface area is 202 Å². The molecule has 4 rings (SSSR count). The van der Waals surface area contributed by atoms with Crippen molar-refractivity contribution in [1.82, 2.24) is 24.7 Å². The maximum Gasteiger partial charge on any atom is 0.236 e. The smallest absolute Gasteiger partial charge is 0.236 e. The van der Waals surface area contributed by atoms with Crippen molar-refractivity contribution in [2.24, 2.45) is 0 Å². The molecule has 0 atom stereocenters. The van der Waals surface area contributed by atoms with Crippen molar-refractivity contribution in [3.63, 3.8) is 0 Å². The first-order valence-electron chi connectivity index (χ1n) is 10.8. The van der Waals surface area contributed by atoms with Gasteiger partial charge in [-0.3, -0.25) is 4.79 Å². The first kappa shape index (κ1) is 23.4. The molecule has 3 N–H and O–H groups in total. The Morgan fingerprint density at radius 2 is 1.71 bits per heavy atom. The van der Waals surface area contributed by atoms with Gasteiger partial charge in [0.2, 0.25) is 11.1 Å². The lowest BCUT2D eigenvalue weighted by molar-refractivity contribution is -0.113. The molecule has 2 aromatic heterocycles. The first-order valence-corrected chi connectivity index (χ1v) is 11.7. The summed E-state index contributed by atoms with van der Waals surface area (Å²) in [6.45, 7) is 8.11. The SMILES string of the molecule is Cc1ccc(-n2nc(C)cc2NC(=O)CSc2nnc(COc3cc(C)cc(C)c3)n2N)cc1. The Morgan fingerprint density at radius 3 is 2.41 bits per heavy atom. The number of nitrogen functional groups attached to an aromatic ring is 1. The Kier molecular flexibility index (Phi) is 6.87. The van der Waals surface area contributed by atoms with Crippen molar-refractivity contribution >= 4 is 23.5 Å². The molecule has 0 unspecified atom stereocenters. The summed E-state index contributed by atoms with van der Waals surface area (Å²) < 4.78 is 8.88. The highest BCUT2D eigenvalue weighted by Gasteiger charge is 2.15. The molecule has 0 spiro atoms. The number of nitrogens with two attached hydrogens (primary N) is 1. The summed E-state index contributed by atoms with van der Waals surface area (Å²) >= 11 is 1.20. The van der Waals surface area contributed by atoms with Crippen LogP contribution < -0.4 is 15.9 Å². The maximum absolute atomic E-state index is 12.6. The van der Waals surface area contributed by atoms with Gasteiger partial charge in [0.15, 0.2) is 5.82 Å². The number of hydrogen-bond donors (Lipinski definition) is 2. The number of carbonyl (C=O) groups excluding carboxylic acids is 1. The fourth-order valence-electron chi connectivity index (χ4n) is 3.45. The van der Waals surface area contributed by atoms with Crippen molar-refractivity contribution in [3.05, 3.63) is 76.7 Å². The van der Waals surface area contributed by atoms with E-state index in [1.165, 1.54) is 16.4 Å². The molecule has 0 saturated carbocycles. The molecule has 10 heteroatoms. The van der Waals surface area contributed by atoms with Crippen LogP contribution in [0.25, 0.3) is 5.69 Å². The van der Waals surface area contributed by atoms with Crippen molar-refractivity contribution in [1.29, 1.82) is 0 Å². The quantitative estimate of drug-likeness (QED) is 0.294. The monoisotopic (exact) mass is 477 g/mol. The van der Waals surface area contributed by atoms with E-state index in [1.54, 1.807) is 4.68 Å². The molecule has 2 aromatic carbocycles. The van der Waals surface area contributed by atoms with Crippen LogP contribution in [0.5, 0.6) is 5.75 Å². The molecule has 0 fully saturated rings. The molecule has 2 heterocycles. The van der Waals surface area contributed by atoms with Gasteiger partial charge in [-0.15, -0.1) is 10.2 Å². The number of hydrogen-bond acceptors (Lipinski definition) is 7. The molecule has 1 amide bonds. The number of aromatic nitrogens is 5. The van der Waals surface area contributed by atoms with Crippen LogP contribution in [0.15, 0.2) is 53.7 Å². The van der Waals surface area contributed by atoms with E-state index in [-0.39, 0.29) is 18.3 Å². The molecule has 176 valence electrons. The summed E-state index contributed by atoms with van der Waals surface area (Å²) in [6.07, 6.45) is 0. The molecular weight excluding hydrogens is 450 g/mol. The normalized spacial score (nSPS) is 10.9. The van der Waals surface area contributed by atoms with Gasteiger partial charge in [0.05, 0.1) is 17.1 Å². The lowest BCUT2D eigenvalue weighted by Crippen LogP contribution is -2.19. The number of carbonyl (C=O) groups is 1. The summed E-state index contributed by atoms with van der Waals surface area (Å²) in [5, 5.41) is 16.0. The molecule has 4 aromatic rings. The topological polar surface area (TPSA) is 113 Å². The van der Waals surface area contributed by atoms with Gasteiger partial charge in [0.25, 0.3) is 0 Å². The molecule has 34 heavy (non-hydrogen) atoms. The largest absolute Gasteiger partial charge is 0.486 e. The van der Waals surface area contributed by atoms with Gasteiger partial charge in [-0.2, -0.15) is 5.10 Å². The van der Waals surface area contributed by atoms with E-state index in [1.807, 2.05) is 70.2 Å². The Morgan fingerprint density at radius 1 is 1.00 bits per heavy atom. The van der Waals surface area contributed by atoms with Crippen LogP contribution in [0.4, 0.5) is 5.82 Å². The highest BCUT2D eigenvalue weighted by molar-refractivity contribution is 7.99. The summed E-state index contributed by atoms with van der Waals surface area (Å²) in [5.74, 6) is 7.86. The van der Waals surface area contributed by atoms with E-state index >= 15 is 0 Å². The van der Waals surface area contributed by atoms with Crippen molar-refractivity contribution < 1.29 is 9.53 Å². The van der Waals surface area contributed by atoms with Crippen LogP contribution in [0.2, 0.25) is 0 Å². The van der Waals surface area contributed by atoms with Gasteiger partial charge in [-0.25, -0.2) is 9.36 Å². The van der Waals surface area contributed by atoms with Crippen LogP contribution in [-0.2, 0) is 11.4 Å². The number of anilines is 1. The molecule has 0 aliphatic rings. The van der Waals surface area contributed by atoms with Crippen molar-refractivity contribution in [2.45, 2.75) is 39.5 Å². The van der Waals surface area contributed by atoms with E-state index < -0.39 is 0 Å². The first-order chi connectivity index (χ1) is 16.3. The van der Waals surface area contributed by atoms with Crippen LogP contribution >= 0.6 is 11.8 Å². The molecular formula is C24H27N7O2S. The van der Waals surface area contributed by atoms with Gasteiger partial charge in [0, 0.05) is 6.07 Å².